The zero-order chi connectivity index (χ0) is 17.4. The third kappa shape index (κ3) is 2.50. The summed E-state index contributed by atoms with van der Waals surface area (Å²) in [6, 6.07) is 15.8. The van der Waals surface area contributed by atoms with Gasteiger partial charge in [0, 0.05) is 22.5 Å². The number of hydrogen-bond acceptors (Lipinski definition) is 3. The number of benzene rings is 2. The van der Waals surface area contributed by atoms with Crippen LogP contribution in [0.15, 0.2) is 59.5 Å². The standard InChI is InChI=1S/C20H16N2O3/c1-2-25-20(24)15-11-21-18-17(15)14-10-13(12-6-4-3-5-7-12)8-9-16(14)22-19(18)23/h3-11,21H,2H2,1H3,(H,22,23). The van der Waals surface area contributed by atoms with Crippen LogP contribution < -0.4 is 5.56 Å². The van der Waals surface area contributed by atoms with E-state index in [0.717, 1.165) is 16.5 Å². The first kappa shape index (κ1) is 15.2. The second-order valence-electron chi connectivity index (χ2n) is 5.75. The maximum absolute atomic E-state index is 12.3. The van der Waals surface area contributed by atoms with Gasteiger partial charge in [0.05, 0.1) is 12.2 Å². The second-order valence-corrected chi connectivity index (χ2v) is 5.75. The average Bonchev–Trinajstić information content (AvgIpc) is 3.09. The topological polar surface area (TPSA) is 75.0 Å². The highest BCUT2D eigenvalue weighted by Gasteiger charge is 2.18. The molecule has 4 aromatic rings. The van der Waals surface area contributed by atoms with Gasteiger partial charge >= 0.3 is 5.97 Å². The van der Waals surface area contributed by atoms with E-state index < -0.39 is 5.97 Å². The first-order valence-electron chi connectivity index (χ1n) is 8.08. The molecule has 2 heterocycles. The Bertz CT molecular complexity index is 1140. The molecule has 0 aliphatic carbocycles. The summed E-state index contributed by atoms with van der Waals surface area (Å²) in [6.07, 6.45) is 1.53. The number of H-pyrrole nitrogens is 2. The van der Waals surface area contributed by atoms with Gasteiger partial charge in [-0.05, 0) is 30.2 Å². The summed E-state index contributed by atoms with van der Waals surface area (Å²) in [5, 5.41) is 1.40. The molecule has 5 nitrogen and oxygen atoms in total. The van der Waals surface area contributed by atoms with Crippen LogP contribution in [-0.2, 0) is 4.74 Å². The van der Waals surface area contributed by atoms with Gasteiger partial charge in [0.25, 0.3) is 5.56 Å². The van der Waals surface area contributed by atoms with Crippen molar-refractivity contribution in [1.82, 2.24) is 9.97 Å². The lowest BCUT2D eigenvalue weighted by Gasteiger charge is -2.07. The maximum atomic E-state index is 12.3. The van der Waals surface area contributed by atoms with Crippen molar-refractivity contribution in [3.8, 4) is 11.1 Å². The Kier molecular flexibility index (Phi) is 3.61. The van der Waals surface area contributed by atoms with E-state index >= 15 is 0 Å². The van der Waals surface area contributed by atoms with E-state index in [-0.39, 0.29) is 12.2 Å². The van der Waals surface area contributed by atoms with Crippen LogP contribution in [-0.4, -0.2) is 22.5 Å². The number of carbonyl (C=O) groups excluding carboxylic acids is 1. The number of carbonyl (C=O) groups is 1. The fourth-order valence-corrected chi connectivity index (χ4v) is 3.11. The number of aromatic nitrogens is 2. The van der Waals surface area contributed by atoms with Gasteiger partial charge in [-0.2, -0.15) is 0 Å². The molecule has 0 atom stereocenters. The molecule has 0 aliphatic rings. The minimum absolute atomic E-state index is 0.259. The van der Waals surface area contributed by atoms with E-state index in [1.165, 1.54) is 6.20 Å². The normalized spacial score (nSPS) is 11.1. The smallest absolute Gasteiger partial charge is 0.340 e. The molecule has 0 unspecified atom stereocenters. The molecule has 4 rings (SSSR count). The molecule has 124 valence electrons. The number of ether oxygens (including phenoxy) is 1. The number of aromatic amines is 2. The van der Waals surface area contributed by atoms with Crippen LogP contribution in [0.1, 0.15) is 17.3 Å². The van der Waals surface area contributed by atoms with E-state index in [1.54, 1.807) is 6.92 Å². The van der Waals surface area contributed by atoms with Crippen LogP contribution in [0.25, 0.3) is 32.9 Å². The van der Waals surface area contributed by atoms with Crippen molar-refractivity contribution in [2.45, 2.75) is 6.92 Å². The van der Waals surface area contributed by atoms with Gasteiger partial charge < -0.3 is 14.7 Å². The van der Waals surface area contributed by atoms with Gasteiger partial charge in [0.2, 0.25) is 0 Å². The number of nitrogens with one attached hydrogen (secondary N) is 2. The molecule has 0 saturated heterocycles. The van der Waals surface area contributed by atoms with Crippen molar-refractivity contribution in [2.75, 3.05) is 6.61 Å². The van der Waals surface area contributed by atoms with E-state index in [0.29, 0.717) is 22.0 Å². The molecule has 5 heteroatoms. The van der Waals surface area contributed by atoms with Gasteiger partial charge in [-0.15, -0.1) is 0 Å². The predicted octanol–water partition coefficient (Wildman–Crippen LogP) is 3.85. The predicted molar refractivity (Wildman–Crippen MR) is 97.8 cm³/mol. The van der Waals surface area contributed by atoms with Gasteiger partial charge in [-0.1, -0.05) is 36.4 Å². The molecule has 0 spiro atoms. The van der Waals surface area contributed by atoms with E-state index in [1.807, 2.05) is 48.5 Å². The van der Waals surface area contributed by atoms with Gasteiger partial charge in [0.15, 0.2) is 0 Å². The van der Waals surface area contributed by atoms with Gasteiger partial charge in [-0.3, -0.25) is 4.79 Å². The molecule has 0 saturated carbocycles. The monoisotopic (exact) mass is 332 g/mol. The Hall–Kier alpha value is -3.34. The Morgan fingerprint density at radius 1 is 1.08 bits per heavy atom. The summed E-state index contributed by atoms with van der Waals surface area (Å²) in [5.74, 6) is -0.439. The number of rotatable bonds is 3. The van der Waals surface area contributed by atoms with Crippen LogP contribution in [0.3, 0.4) is 0 Å². The summed E-state index contributed by atoms with van der Waals surface area (Å²) >= 11 is 0. The van der Waals surface area contributed by atoms with Crippen molar-refractivity contribution in [3.63, 3.8) is 0 Å². The lowest BCUT2D eigenvalue weighted by Crippen LogP contribution is -2.08. The average molecular weight is 332 g/mol. The minimum Gasteiger partial charge on any atom is -0.462 e. The fraction of sp³-hybridized carbons (Fsp3) is 0.100. The highest BCUT2D eigenvalue weighted by Crippen LogP contribution is 2.29. The molecule has 2 aromatic carbocycles. The third-order valence-electron chi connectivity index (χ3n) is 4.25. The molecular formula is C20H16N2O3. The number of pyridine rings is 1. The summed E-state index contributed by atoms with van der Waals surface area (Å²) < 4.78 is 5.13. The molecular weight excluding hydrogens is 316 g/mol. The molecule has 0 radical (unpaired) electrons. The first-order valence-corrected chi connectivity index (χ1v) is 8.08. The lowest BCUT2D eigenvalue weighted by molar-refractivity contribution is 0.0529. The SMILES string of the molecule is CCOC(=O)c1c[nH]c2c(=O)[nH]c3ccc(-c4ccccc4)cc3c12. The largest absolute Gasteiger partial charge is 0.462 e. The van der Waals surface area contributed by atoms with Crippen molar-refractivity contribution in [3.05, 3.63) is 70.6 Å². The second kappa shape index (κ2) is 5.94. The molecule has 0 amide bonds. The molecule has 0 fully saturated rings. The zero-order valence-electron chi connectivity index (χ0n) is 13.6. The molecule has 25 heavy (non-hydrogen) atoms. The quantitative estimate of drug-likeness (QED) is 0.560. The summed E-state index contributed by atoms with van der Waals surface area (Å²) in [6.45, 7) is 2.03. The Labute approximate surface area is 143 Å². The van der Waals surface area contributed by atoms with Gasteiger partial charge in [0.1, 0.15) is 5.52 Å². The maximum Gasteiger partial charge on any atom is 0.340 e. The first-order chi connectivity index (χ1) is 12.2. The number of hydrogen-bond donors (Lipinski definition) is 2. The number of fused-ring (bicyclic) bond motifs is 3. The molecule has 2 N–H and O–H groups in total. The Morgan fingerprint density at radius 3 is 2.64 bits per heavy atom. The van der Waals surface area contributed by atoms with Crippen molar-refractivity contribution >= 4 is 27.8 Å². The highest BCUT2D eigenvalue weighted by atomic mass is 16.5. The zero-order valence-corrected chi connectivity index (χ0v) is 13.6. The molecule has 0 aliphatic heterocycles. The third-order valence-corrected chi connectivity index (χ3v) is 4.25. The summed E-state index contributed by atoms with van der Waals surface area (Å²) in [4.78, 5) is 30.3. The van der Waals surface area contributed by atoms with Crippen LogP contribution in [0.4, 0.5) is 0 Å². The van der Waals surface area contributed by atoms with E-state index in [4.69, 9.17) is 4.74 Å². The van der Waals surface area contributed by atoms with Crippen LogP contribution in [0, 0.1) is 0 Å². The summed E-state index contributed by atoms with van der Waals surface area (Å²) in [7, 11) is 0. The van der Waals surface area contributed by atoms with Crippen LogP contribution >= 0.6 is 0 Å². The highest BCUT2D eigenvalue weighted by molar-refractivity contribution is 6.15. The van der Waals surface area contributed by atoms with Crippen molar-refractivity contribution in [2.24, 2.45) is 0 Å². The van der Waals surface area contributed by atoms with E-state index in [2.05, 4.69) is 9.97 Å². The van der Waals surface area contributed by atoms with Gasteiger partial charge in [-0.25, -0.2) is 4.79 Å². The van der Waals surface area contributed by atoms with Crippen molar-refractivity contribution in [1.29, 1.82) is 0 Å². The van der Waals surface area contributed by atoms with E-state index in [9.17, 15) is 9.59 Å². The lowest BCUT2D eigenvalue weighted by atomic mass is 10.0. The molecule has 2 aromatic heterocycles. The number of esters is 1. The Morgan fingerprint density at radius 2 is 1.88 bits per heavy atom. The van der Waals surface area contributed by atoms with Crippen molar-refractivity contribution < 1.29 is 9.53 Å². The van der Waals surface area contributed by atoms with Crippen LogP contribution in [0.2, 0.25) is 0 Å². The Balaban J connectivity index is 2.04. The summed E-state index contributed by atoms with van der Waals surface area (Å²) in [5.41, 5.74) is 3.25. The van der Waals surface area contributed by atoms with Crippen LogP contribution in [0.5, 0.6) is 0 Å². The molecule has 0 bridgehead atoms. The minimum atomic E-state index is -0.439. The fourth-order valence-electron chi connectivity index (χ4n) is 3.11.